The van der Waals surface area contributed by atoms with Crippen molar-refractivity contribution in [3.05, 3.63) is 106 Å². The number of aryl methyl sites for hydroxylation is 2. The Morgan fingerprint density at radius 1 is 0.842 bits per heavy atom. The number of benzene rings is 3. The van der Waals surface area contributed by atoms with Gasteiger partial charge in [0.25, 0.3) is 0 Å². The largest absolute Gasteiger partial charge is 0.352 e. The average molecular weight is 576 g/mol. The second-order valence-corrected chi connectivity index (χ2v) is 11.3. The predicted molar refractivity (Wildman–Crippen MR) is 158 cm³/mol. The molecule has 1 fully saturated rings. The zero-order valence-corrected chi connectivity index (χ0v) is 24.0. The number of hydrogen-bond donors (Lipinski definition) is 1. The molecule has 1 N–H and O–H groups in total. The first-order valence-electron chi connectivity index (χ1n) is 14.0. The number of nitrogens with zero attached hydrogens (tertiary/aromatic N) is 1. The Hall–Kier alpha value is -2.92. The number of nitrogens with one attached hydrogen (secondary N) is 1. The highest BCUT2D eigenvalue weighted by atomic mass is 79.9. The van der Waals surface area contributed by atoms with Crippen LogP contribution in [-0.4, -0.2) is 28.8 Å². The third kappa shape index (κ3) is 8.29. The molecule has 5 heteroatoms. The van der Waals surface area contributed by atoms with Crippen molar-refractivity contribution in [2.45, 2.75) is 83.3 Å². The molecule has 0 unspecified atom stereocenters. The SMILES string of the molecule is CCc1ccc(CCC(=O)N(Cc2ccc(Br)cc2)[C@@H](Cc2ccccc2)C(=O)NC2CCCCC2)cc1. The zero-order valence-electron chi connectivity index (χ0n) is 22.4. The fourth-order valence-corrected chi connectivity index (χ4v) is 5.49. The Balaban J connectivity index is 1.58. The van der Waals surface area contributed by atoms with E-state index in [0.29, 0.717) is 25.8 Å². The maximum absolute atomic E-state index is 13.9. The molecule has 1 aliphatic carbocycles. The summed E-state index contributed by atoms with van der Waals surface area (Å²) in [4.78, 5) is 29.5. The van der Waals surface area contributed by atoms with E-state index in [1.807, 2.05) is 59.5 Å². The maximum atomic E-state index is 13.9. The molecule has 1 aliphatic rings. The van der Waals surface area contributed by atoms with E-state index in [1.165, 1.54) is 12.0 Å². The van der Waals surface area contributed by atoms with Crippen LogP contribution >= 0.6 is 15.9 Å². The first-order valence-corrected chi connectivity index (χ1v) is 14.8. The molecular formula is C33H39BrN2O2. The van der Waals surface area contributed by atoms with Gasteiger partial charge in [0.15, 0.2) is 0 Å². The van der Waals surface area contributed by atoms with E-state index in [2.05, 4.69) is 52.4 Å². The normalized spacial score (nSPS) is 14.6. The average Bonchev–Trinajstić information content (AvgIpc) is 2.96. The van der Waals surface area contributed by atoms with Crippen LogP contribution in [0.3, 0.4) is 0 Å². The summed E-state index contributed by atoms with van der Waals surface area (Å²) in [5, 5.41) is 3.32. The fourth-order valence-electron chi connectivity index (χ4n) is 5.22. The van der Waals surface area contributed by atoms with Gasteiger partial charge in [-0.2, -0.15) is 0 Å². The van der Waals surface area contributed by atoms with Gasteiger partial charge in [0.05, 0.1) is 0 Å². The summed E-state index contributed by atoms with van der Waals surface area (Å²) in [5.41, 5.74) is 4.50. The third-order valence-corrected chi connectivity index (χ3v) is 8.08. The summed E-state index contributed by atoms with van der Waals surface area (Å²) in [6.07, 6.45) is 8.05. The van der Waals surface area contributed by atoms with Crippen molar-refractivity contribution in [3.8, 4) is 0 Å². The summed E-state index contributed by atoms with van der Waals surface area (Å²) in [6, 6.07) is 26.2. The molecule has 3 aromatic carbocycles. The van der Waals surface area contributed by atoms with Gasteiger partial charge in [-0.1, -0.05) is 109 Å². The number of halogens is 1. The van der Waals surface area contributed by atoms with E-state index in [-0.39, 0.29) is 17.9 Å². The van der Waals surface area contributed by atoms with Gasteiger partial charge in [-0.05, 0) is 60.1 Å². The Morgan fingerprint density at radius 2 is 1.47 bits per heavy atom. The molecule has 200 valence electrons. The van der Waals surface area contributed by atoms with E-state index in [9.17, 15) is 9.59 Å². The first kappa shape index (κ1) is 28.1. The van der Waals surface area contributed by atoms with Crippen molar-refractivity contribution in [2.75, 3.05) is 0 Å². The molecule has 0 spiro atoms. The van der Waals surface area contributed by atoms with Crippen LogP contribution in [0.4, 0.5) is 0 Å². The van der Waals surface area contributed by atoms with E-state index in [0.717, 1.165) is 53.3 Å². The molecular weight excluding hydrogens is 536 g/mol. The van der Waals surface area contributed by atoms with Gasteiger partial charge in [0.1, 0.15) is 6.04 Å². The van der Waals surface area contributed by atoms with Crippen LogP contribution in [0.5, 0.6) is 0 Å². The molecule has 0 bridgehead atoms. The van der Waals surface area contributed by atoms with Crippen LogP contribution in [-0.2, 0) is 35.4 Å². The van der Waals surface area contributed by atoms with Crippen molar-refractivity contribution >= 4 is 27.7 Å². The Kier molecular flexibility index (Phi) is 10.6. The minimum atomic E-state index is -0.571. The lowest BCUT2D eigenvalue weighted by Gasteiger charge is -2.33. The van der Waals surface area contributed by atoms with Crippen LogP contribution in [0.2, 0.25) is 0 Å². The lowest BCUT2D eigenvalue weighted by molar-refractivity contribution is -0.141. The van der Waals surface area contributed by atoms with Gasteiger partial charge in [-0.25, -0.2) is 0 Å². The van der Waals surface area contributed by atoms with Crippen LogP contribution in [0.15, 0.2) is 83.3 Å². The molecule has 4 nitrogen and oxygen atoms in total. The van der Waals surface area contributed by atoms with Crippen LogP contribution < -0.4 is 5.32 Å². The summed E-state index contributed by atoms with van der Waals surface area (Å²) in [7, 11) is 0. The topological polar surface area (TPSA) is 49.4 Å². The number of rotatable bonds is 11. The minimum absolute atomic E-state index is 0.00668. The molecule has 4 rings (SSSR count). The number of carbonyl (C=O) groups excluding carboxylic acids is 2. The molecule has 38 heavy (non-hydrogen) atoms. The maximum Gasteiger partial charge on any atom is 0.243 e. The lowest BCUT2D eigenvalue weighted by atomic mass is 9.94. The molecule has 0 aromatic heterocycles. The van der Waals surface area contributed by atoms with Crippen molar-refractivity contribution in [2.24, 2.45) is 0 Å². The molecule has 0 radical (unpaired) electrons. The van der Waals surface area contributed by atoms with Crippen LogP contribution in [0.25, 0.3) is 0 Å². The Bertz CT molecular complexity index is 1160. The quantitative estimate of drug-likeness (QED) is 0.267. The highest BCUT2D eigenvalue weighted by Crippen LogP contribution is 2.21. The molecule has 1 atom stereocenters. The summed E-state index contributed by atoms with van der Waals surface area (Å²) in [6.45, 7) is 2.54. The van der Waals surface area contributed by atoms with Crippen molar-refractivity contribution in [3.63, 3.8) is 0 Å². The standard InChI is InChI=1S/C33H39BrN2O2/c1-2-25-13-15-26(16-14-25)19-22-32(37)36(24-28-17-20-29(34)21-18-28)31(23-27-9-5-3-6-10-27)33(38)35-30-11-7-4-8-12-30/h3,5-6,9-10,13-18,20-21,30-31H,2,4,7-8,11-12,19,22-24H2,1H3,(H,35,38)/t31-/m0/s1. The van der Waals surface area contributed by atoms with Gasteiger partial charge >= 0.3 is 0 Å². The Labute approximate surface area is 236 Å². The molecule has 3 aromatic rings. The van der Waals surface area contributed by atoms with Crippen LogP contribution in [0.1, 0.15) is 67.7 Å². The number of amides is 2. The van der Waals surface area contributed by atoms with Gasteiger partial charge in [-0.15, -0.1) is 0 Å². The van der Waals surface area contributed by atoms with E-state index >= 15 is 0 Å². The van der Waals surface area contributed by atoms with Crippen molar-refractivity contribution < 1.29 is 9.59 Å². The first-order chi connectivity index (χ1) is 18.5. The van der Waals surface area contributed by atoms with E-state index in [1.54, 1.807) is 0 Å². The third-order valence-electron chi connectivity index (χ3n) is 7.55. The smallest absolute Gasteiger partial charge is 0.243 e. The zero-order chi connectivity index (χ0) is 26.7. The minimum Gasteiger partial charge on any atom is -0.352 e. The second-order valence-electron chi connectivity index (χ2n) is 10.4. The van der Waals surface area contributed by atoms with Gasteiger partial charge < -0.3 is 10.2 Å². The van der Waals surface area contributed by atoms with Crippen molar-refractivity contribution in [1.29, 1.82) is 0 Å². The highest BCUT2D eigenvalue weighted by molar-refractivity contribution is 9.10. The molecule has 0 aliphatic heterocycles. The van der Waals surface area contributed by atoms with Crippen LogP contribution in [0, 0.1) is 0 Å². The summed E-state index contributed by atoms with van der Waals surface area (Å²) >= 11 is 3.51. The molecule has 0 heterocycles. The molecule has 1 saturated carbocycles. The van der Waals surface area contributed by atoms with E-state index in [4.69, 9.17) is 0 Å². The Morgan fingerprint density at radius 3 is 2.13 bits per heavy atom. The summed E-state index contributed by atoms with van der Waals surface area (Å²) < 4.78 is 0.991. The van der Waals surface area contributed by atoms with Gasteiger partial charge in [0.2, 0.25) is 11.8 Å². The van der Waals surface area contributed by atoms with Crippen molar-refractivity contribution in [1.82, 2.24) is 10.2 Å². The monoisotopic (exact) mass is 574 g/mol. The lowest BCUT2D eigenvalue weighted by Crippen LogP contribution is -2.52. The number of hydrogen-bond acceptors (Lipinski definition) is 2. The summed E-state index contributed by atoms with van der Waals surface area (Å²) in [5.74, 6) is -0.0364. The second kappa shape index (κ2) is 14.3. The van der Waals surface area contributed by atoms with Gasteiger partial charge in [0, 0.05) is 29.9 Å². The highest BCUT2D eigenvalue weighted by Gasteiger charge is 2.31. The molecule has 2 amide bonds. The van der Waals surface area contributed by atoms with Gasteiger partial charge in [-0.3, -0.25) is 9.59 Å². The van der Waals surface area contributed by atoms with E-state index < -0.39 is 6.04 Å². The fraction of sp³-hybridized carbons (Fsp3) is 0.394. The predicted octanol–water partition coefficient (Wildman–Crippen LogP) is 7.03. The number of carbonyl (C=O) groups is 2. The molecule has 0 saturated heterocycles.